The van der Waals surface area contributed by atoms with Gasteiger partial charge in [-0.3, -0.25) is 19.7 Å². The standard InChI is InChI=1S/C20H29N3O7/c1-28-11-12-30-18-14-16(23(26)27)15(13-17(18)29-2)20(25)21-8-7-19(24)22-9-5-3-4-6-10-22/h13-14H,3-12H2,1-2H3,(H,21,25). The molecule has 0 unspecified atom stereocenters. The van der Waals surface area contributed by atoms with Gasteiger partial charge in [-0.25, -0.2) is 0 Å². The van der Waals surface area contributed by atoms with Crippen LogP contribution in [-0.2, 0) is 9.53 Å². The van der Waals surface area contributed by atoms with E-state index >= 15 is 0 Å². The molecule has 1 aromatic carbocycles. The van der Waals surface area contributed by atoms with Crippen LogP contribution in [0.2, 0.25) is 0 Å². The number of methoxy groups -OCH3 is 2. The van der Waals surface area contributed by atoms with E-state index < -0.39 is 16.5 Å². The van der Waals surface area contributed by atoms with Crippen LogP contribution in [0.15, 0.2) is 12.1 Å². The van der Waals surface area contributed by atoms with Crippen molar-refractivity contribution >= 4 is 17.5 Å². The molecular weight excluding hydrogens is 394 g/mol. The molecule has 1 fully saturated rings. The number of nitro benzene ring substituents is 1. The first-order chi connectivity index (χ1) is 14.5. The van der Waals surface area contributed by atoms with Gasteiger partial charge >= 0.3 is 0 Å². The van der Waals surface area contributed by atoms with Crippen LogP contribution in [0, 0.1) is 10.1 Å². The van der Waals surface area contributed by atoms with Crippen LogP contribution in [0.3, 0.4) is 0 Å². The van der Waals surface area contributed by atoms with Gasteiger partial charge in [-0.05, 0) is 12.8 Å². The lowest BCUT2D eigenvalue weighted by Crippen LogP contribution is -2.35. The maximum Gasteiger partial charge on any atom is 0.286 e. The smallest absolute Gasteiger partial charge is 0.286 e. The Morgan fingerprint density at radius 3 is 2.40 bits per heavy atom. The average Bonchev–Trinajstić information content (AvgIpc) is 3.03. The van der Waals surface area contributed by atoms with E-state index in [2.05, 4.69) is 5.32 Å². The second kappa shape index (κ2) is 12.0. The largest absolute Gasteiger partial charge is 0.493 e. The molecule has 1 aliphatic rings. The van der Waals surface area contributed by atoms with Crippen molar-refractivity contribution in [3.63, 3.8) is 0 Å². The minimum Gasteiger partial charge on any atom is -0.493 e. The Kier molecular flexibility index (Phi) is 9.33. The monoisotopic (exact) mass is 423 g/mol. The number of hydrogen-bond donors (Lipinski definition) is 1. The van der Waals surface area contributed by atoms with Gasteiger partial charge in [0, 0.05) is 39.2 Å². The van der Waals surface area contributed by atoms with Gasteiger partial charge in [0.05, 0.1) is 24.7 Å². The first kappa shape index (κ1) is 23.4. The van der Waals surface area contributed by atoms with Crippen LogP contribution in [-0.4, -0.2) is 68.7 Å². The molecule has 166 valence electrons. The number of carbonyl (C=O) groups excluding carboxylic acids is 2. The van der Waals surface area contributed by atoms with Crippen LogP contribution >= 0.6 is 0 Å². The number of amides is 2. The average molecular weight is 423 g/mol. The lowest BCUT2D eigenvalue weighted by molar-refractivity contribution is -0.385. The van der Waals surface area contributed by atoms with Crippen molar-refractivity contribution in [3.8, 4) is 11.5 Å². The summed E-state index contributed by atoms with van der Waals surface area (Å²) in [5, 5.41) is 14.1. The quantitative estimate of drug-likeness (QED) is 0.348. The van der Waals surface area contributed by atoms with Crippen LogP contribution < -0.4 is 14.8 Å². The lowest BCUT2D eigenvalue weighted by Gasteiger charge is -2.20. The van der Waals surface area contributed by atoms with Gasteiger partial charge < -0.3 is 24.4 Å². The van der Waals surface area contributed by atoms with Gasteiger partial charge in [0.15, 0.2) is 11.5 Å². The van der Waals surface area contributed by atoms with E-state index in [1.54, 1.807) is 0 Å². The molecule has 30 heavy (non-hydrogen) atoms. The van der Waals surface area contributed by atoms with E-state index in [0.717, 1.165) is 44.8 Å². The van der Waals surface area contributed by atoms with Crippen molar-refractivity contribution in [3.05, 3.63) is 27.8 Å². The van der Waals surface area contributed by atoms with Crippen LogP contribution in [0.5, 0.6) is 11.5 Å². The number of nitro groups is 1. The van der Waals surface area contributed by atoms with Crippen molar-refractivity contribution in [2.24, 2.45) is 0 Å². The first-order valence-electron chi connectivity index (χ1n) is 10.0. The Bertz CT molecular complexity index is 746. The van der Waals surface area contributed by atoms with Crippen molar-refractivity contribution in [1.29, 1.82) is 0 Å². The maximum absolute atomic E-state index is 12.6. The fourth-order valence-electron chi connectivity index (χ4n) is 3.25. The zero-order chi connectivity index (χ0) is 21.9. The maximum atomic E-state index is 12.6. The fourth-order valence-corrected chi connectivity index (χ4v) is 3.25. The molecule has 0 radical (unpaired) electrons. The molecule has 2 rings (SSSR count). The molecule has 0 saturated carbocycles. The molecular formula is C20H29N3O7. The van der Waals surface area contributed by atoms with Gasteiger partial charge in [0.1, 0.15) is 12.2 Å². The molecule has 1 saturated heterocycles. The number of likely N-dealkylation sites (tertiary alicyclic amines) is 1. The van der Waals surface area contributed by atoms with Crippen LogP contribution in [0.1, 0.15) is 42.5 Å². The Labute approximate surface area is 175 Å². The SMILES string of the molecule is COCCOc1cc([N+](=O)[O-])c(C(=O)NCCC(=O)N2CCCCCC2)cc1OC. The minimum atomic E-state index is -0.653. The Balaban J connectivity index is 2.04. The van der Waals surface area contributed by atoms with Gasteiger partial charge in [-0.2, -0.15) is 0 Å². The van der Waals surface area contributed by atoms with Crippen molar-refractivity contribution in [2.75, 3.05) is 47.1 Å². The highest BCUT2D eigenvalue weighted by Crippen LogP contribution is 2.34. The van der Waals surface area contributed by atoms with E-state index in [4.69, 9.17) is 14.2 Å². The summed E-state index contributed by atoms with van der Waals surface area (Å²) in [7, 11) is 2.89. The summed E-state index contributed by atoms with van der Waals surface area (Å²) >= 11 is 0. The van der Waals surface area contributed by atoms with Gasteiger partial charge in [0.2, 0.25) is 5.91 Å². The number of benzene rings is 1. The Morgan fingerprint density at radius 1 is 1.10 bits per heavy atom. The molecule has 1 aliphatic heterocycles. The molecule has 10 nitrogen and oxygen atoms in total. The molecule has 1 heterocycles. The zero-order valence-electron chi connectivity index (χ0n) is 17.5. The second-order valence-electron chi connectivity index (χ2n) is 6.92. The van der Waals surface area contributed by atoms with E-state index in [-0.39, 0.29) is 42.5 Å². The molecule has 0 atom stereocenters. The topological polar surface area (TPSA) is 120 Å². The lowest BCUT2D eigenvalue weighted by atomic mass is 10.1. The molecule has 2 amide bonds. The predicted molar refractivity (Wildman–Crippen MR) is 109 cm³/mol. The first-order valence-corrected chi connectivity index (χ1v) is 10.0. The summed E-state index contributed by atoms with van der Waals surface area (Å²) < 4.78 is 15.6. The Hall–Kier alpha value is -2.88. The third kappa shape index (κ3) is 6.58. The third-order valence-electron chi connectivity index (χ3n) is 4.85. The third-order valence-corrected chi connectivity index (χ3v) is 4.85. The van der Waals surface area contributed by atoms with Gasteiger partial charge in [0.25, 0.3) is 11.6 Å². The molecule has 0 bridgehead atoms. The highest BCUT2D eigenvalue weighted by molar-refractivity contribution is 5.99. The molecule has 1 aromatic rings. The Morgan fingerprint density at radius 2 is 1.80 bits per heavy atom. The number of ether oxygens (including phenoxy) is 3. The van der Waals surface area contributed by atoms with Crippen molar-refractivity contribution in [2.45, 2.75) is 32.1 Å². The van der Waals surface area contributed by atoms with Gasteiger partial charge in [-0.1, -0.05) is 12.8 Å². The normalized spacial score (nSPS) is 14.0. The summed E-state index contributed by atoms with van der Waals surface area (Å²) in [5.41, 5.74) is -0.558. The zero-order valence-corrected chi connectivity index (χ0v) is 17.5. The molecule has 0 spiro atoms. The number of carbonyl (C=O) groups is 2. The summed E-state index contributed by atoms with van der Waals surface area (Å²) in [6.07, 6.45) is 4.37. The van der Waals surface area contributed by atoms with E-state index in [9.17, 15) is 19.7 Å². The van der Waals surface area contributed by atoms with E-state index in [1.165, 1.54) is 20.3 Å². The fraction of sp³-hybridized carbons (Fsp3) is 0.600. The van der Waals surface area contributed by atoms with Crippen LogP contribution in [0.4, 0.5) is 5.69 Å². The second-order valence-corrected chi connectivity index (χ2v) is 6.92. The minimum absolute atomic E-state index is 0.0221. The predicted octanol–water partition coefficient (Wildman–Crippen LogP) is 2.15. The number of rotatable bonds is 10. The van der Waals surface area contributed by atoms with Crippen molar-refractivity contribution < 1.29 is 28.7 Å². The summed E-state index contributed by atoms with van der Waals surface area (Å²) in [6, 6.07) is 2.43. The highest BCUT2D eigenvalue weighted by atomic mass is 16.6. The number of nitrogens with zero attached hydrogens (tertiary/aromatic N) is 2. The molecule has 0 aromatic heterocycles. The highest BCUT2D eigenvalue weighted by Gasteiger charge is 2.25. The number of nitrogens with one attached hydrogen (secondary N) is 1. The summed E-state index contributed by atoms with van der Waals surface area (Å²) in [5.74, 6) is -0.324. The van der Waals surface area contributed by atoms with E-state index in [0.29, 0.717) is 6.61 Å². The van der Waals surface area contributed by atoms with Gasteiger partial charge in [-0.15, -0.1) is 0 Å². The molecule has 1 N–H and O–H groups in total. The van der Waals surface area contributed by atoms with Crippen LogP contribution in [0.25, 0.3) is 0 Å². The molecule has 0 aliphatic carbocycles. The van der Waals surface area contributed by atoms with Crippen molar-refractivity contribution in [1.82, 2.24) is 10.2 Å². The van der Waals surface area contributed by atoms with E-state index in [1.807, 2.05) is 4.90 Å². The number of hydrogen-bond acceptors (Lipinski definition) is 7. The summed E-state index contributed by atoms with van der Waals surface area (Å²) in [6.45, 7) is 2.04. The summed E-state index contributed by atoms with van der Waals surface area (Å²) in [4.78, 5) is 37.5. The molecule has 10 heteroatoms.